The first-order chi connectivity index (χ1) is 14.4. The molecule has 1 aromatic carbocycles. The number of nitriles is 1. The maximum Gasteiger partial charge on any atom is 0.252 e. The van der Waals surface area contributed by atoms with Crippen LogP contribution in [0, 0.1) is 25.2 Å². The Kier molecular flexibility index (Phi) is 5.37. The minimum absolute atomic E-state index is 0.00303. The summed E-state index contributed by atoms with van der Waals surface area (Å²) in [6, 6.07) is 9.97. The van der Waals surface area contributed by atoms with Crippen molar-refractivity contribution in [1.29, 1.82) is 5.26 Å². The zero-order valence-corrected chi connectivity index (χ0v) is 17.3. The second kappa shape index (κ2) is 8.12. The van der Waals surface area contributed by atoms with Gasteiger partial charge in [-0.15, -0.1) is 16.9 Å². The fourth-order valence-corrected chi connectivity index (χ4v) is 4.46. The van der Waals surface area contributed by atoms with Gasteiger partial charge in [0.25, 0.3) is 5.78 Å². The van der Waals surface area contributed by atoms with Crippen molar-refractivity contribution in [2.75, 3.05) is 16.9 Å². The van der Waals surface area contributed by atoms with Crippen LogP contribution in [-0.2, 0) is 16.0 Å². The first-order valence-electron chi connectivity index (χ1n) is 9.33. The van der Waals surface area contributed by atoms with Crippen LogP contribution in [0.3, 0.4) is 0 Å². The van der Waals surface area contributed by atoms with Crippen molar-refractivity contribution in [2.24, 2.45) is 0 Å². The minimum Gasteiger partial charge on any atom is -0.324 e. The van der Waals surface area contributed by atoms with E-state index >= 15 is 0 Å². The first-order valence-corrected chi connectivity index (χ1v) is 10.5. The number of nitrogens with one attached hydrogen (secondary N) is 1. The van der Waals surface area contributed by atoms with Gasteiger partial charge in [0.2, 0.25) is 11.8 Å². The van der Waals surface area contributed by atoms with Crippen LogP contribution >= 0.6 is 11.8 Å². The van der Waals surface area contributed by atoms with Crippen molar-refractivity contribution in [2.45, 2.75) is 26.3 Å². The van der Waals surface area contributed by atoms with Gasteiger partial charge in [0.15, 0.2) is 5.82 Å². The standard InChI is InChI=1S/C20H19N7O2S/c1-12-7-13(2)27-20(22-12)24-17(25-27)8-18(28)26-11-30-10-16(26)19(29)23-15-5-3-14(9-21)4-6-15/h3-7,16H,8,10-11H2,1-2H3,(H,23,29). The van der Waals surface area contributed by atoms with Gasteiger partial charge in [-0.05, 0) is 44.2 Å². The Hall–Kier alpha value is -3.45. The van der Waals surface area contributed by atoms with Crippen molar-refractivity contribution in [3.8, 4) is 6.07 Å². The molecule has 0 aliphatic carbocycles. The molecule has 4 rings (SSSR count). The largest absolute Gasteiger partial charge is 0.324 e. The average molecular weight is 421 g/mol. The van der Waals surface area contributed by atoms with Crippen LogP contribution in [0.4, 0.5) is 5.69 Å². The number of aromatic nitrogens is 4. The highest BCUT2D eigenvalue weighted by molar-refractivity contribution is 7.99. The van der Waals surface area contributed by atoms with Gasteiger partial charge in [0, 0.05) is 22.8 Å². The molecule has 0 spiro atoms. The molecule has 1 saturated heterocycles. The van der Waals surface area contributed by atoms with Crippen LogP contribution in [0.2, 0.25) is 0 Å². The van der Waals surface area contributed by atoms with Gasteiger partial charge < -0.3 is 10.2 Å². The average Bonchev–Trinajstić information content (AvgIpc) is 3.35. The van der Waals surface area contributed by atoms with E-state index in [0.717, 1.165) is 11.4 Å². The maximum absolute atomic E-state index is 12.9. The number of hydrogen-bond donors (Lipinski definition) is 1. The molecule has 1 aliphatic rings. The molecule has 10 heteroatoms. The third-order valence-corrected chi connectivity index (χ3v) is 5.77. The zero-order valence-electron chi connectivity index (χ0n) is 16.5. The molecular weight excluding hydrogens is 402 g/mol. The lowest BCUT2D eigenvalue weighted by Crippen LogP contribution is -2.45. The number of nitrogens with zero attached hydrogens (tertiary/aromatic N) is 6. The number of hydrogen-bond acceptors (Lipinski definition) is 7. The van der Waals surface area contributed by atoms with E-state index in [4.69, 9.17) is 5.26 Å². The third-order valence-electron chi connectivity index (χ3n) is 4.76. The van der Waals surface area contributed by atoms with E-state index in [1.807, 2.05) is 26.0 Å². The van der Waals surface area contributed by atoms with Gasteiger partial charge in [-0.2, -0.15) is 10.2 Å². The molecule has 1 atom stereocenters. The van der Waals surface area contributed by atoms with Crippen LogP contribution in [0.25, 0.3) is 5.78 Å². The maximum atomic E-state index is 12.9. The smallest absolute Gasteiger partial charge is 0.252 e. The predicted octanol–water partition coefficient (Wildman–Crippen LogP) is 1.70. The van der Waals surface area contributed by atoms with Crippen LogP contribution in [0.15, 0.2) is 30.3 Å². The van der Waals surface area contributed by atoms with Crippen LogP contribution in [0.1, 0.15) is 22.8 Å². The fourth-order valence-electron chi connectivity index (χ4n) is 3.28. The first kappa shape index (κ1) is 19.8. The SMILES string of the molecule is Cc1cc(C)n2nc(CC(=O)N3CSCC3C(=O)Nc3ccc(C#N)cc3)nc2n1. The quantitative estimate of drug-likeness (QED) is 0.681. The number of carbonyl (C=O) groups is 2. The molecule has 1 unspecified atom stereocenters. The Morgan fingerprint density at radius 1 is 1.27 bits per heavy atom. The van der Waals surface area contributed by atoms with Gasteiger partial charge in [-0.1, -0.05) is 0 Å². The Morgan fingerprint density at radius 2 is 2.03 bits per heavy atom. The normalized spacial score (nSPS) is 15.9. The summed E-state index contributed by atoms with van der Waals surface area (Å²) in [7, 11) is 0. The van der Waals surface area contributed by atoms with Crippen LogP contribution in [0.5, 0.6) is 0 Å². The second-order valence-corrected chi connectivity index (χ2v) is 8.01. The summed E-state index contributed by atoms with van der Waals surface area (Å²) in [5.74, 6) is 1.34. The molecule has 2 aromatic heterocycles. The lowest BCUT2D eigenvalue weighted by molar-refractivity contribution is -0.135. The van der Waals surface area contributed by atoms with Gasteiger partial charge in [-0.25, -0.2) is 9.50 Å². The van der Waals surface area contributed by atoms with Gasteiger partial charge in [0.05, 0.1) is 23.9 Å². The Balaban J connectivity index is 1.46. The lowest BCUT2D eigenvalue weighted by atomic mass is 10.2. The Bertz CT molecular complexity index is 1170. The molecule has 1 fully saturated rings. The van der Waals surface area contributed by atoms with E-state index in [0.29, 0.717) is 34.5 Å². The number of aryl methyl sites for hydroxylation is 2. The number of carbonyl (C=O) groups excluding carboxylic acids is 2. The molecule has 9 nitrogen and oxygen atoms in total. The molecular formula is C20H19N7O2S. The molecule has 30 heavy (non-hydrogen) atoms. The Labute approximate surface area is 177 Å². The highest BCUT2D eigenvalue weighted by atomic mass is 32.2. The molecule has 152 valence electrons. The van der Waals surface area contributed by atoms with Crippen molar-refractivity contribution in [1.82, 2.24) is 24.5 Å². The number of rotatable bonds is 4. The minimum atomic E-state index is -0.572. The monoisotopic (exact) mass is 421 g/mol. The van der Waals surface area contributed by atoms with Gasteiger partial charge in [-0.3, -0.25) is 9.59 Å². The van der Waals surface area contributed by atoms with Gasteiger partial charge in [0.1, 0.15) is 6.04 Å². The summed E-state index contributed by atoms with van der Waals surface area (Å²) < 4.78 is 1.61. The number of anilines is 1. The van der Waals surface area contributed by atoms with E-state index < -0.39 is 6.04 Å². The predicted molar refractivity (Wildman–Crippen MR) is 112 cm³/mol. The van der Waals surface area contributed by atoms with Crippen LogP contribution in [-0.4, -0.2) is 54.0 Å². The molecule has 1 N–H and O–H groups in total. The van der Waals surface area contributed by atoms with Crippen molar-refractivity contribution >= 4 is 35.0 Å². The number of fused-ring (bicyclic) bond motifs is 1. The molecule has 2 amide bonds. The molecule has 0 saturated carbocycles. The summed E-state index contributed by atoms with van der Waals surface area (Å²) in [5, 5.41) is 16.1. The number of amides is 2. The molecule has 3 heterocycles. The van der Waals surface area contributed by atoms with Gasteiger partial charge >= 0.3 is 0 Å². The van der Waals surface area contributed by atoms with E-state index in [2.05, 4.69) is 20.4 Å². The summed E-state index contributed by atoms with van der Waals surface area (Å²) in [4.78, 5) is 35.9. The summed E-state index contributed by atoms with van der Waals surface area (Å²) in [6.07, 6.45) is 0.00303. The highest BCUT2D eigenvalue weighted by Crippen LogP contribution is 2.23. The van der Waals surface area contributed by atoms with Crippen LogP contribution < -0.4 is 5.32 Å². The lowest BCUT2D eigenvalue weighted by Gasteiger charge is -2.22. The van der Waals surface area contributed by atoms with Crippen molar-refractivity contribution < 1.29 is 9.59 Å². The fraction of sp³-hybridized carbons (Fsp3) is 0.300. The molecule has 1 aliphatic heterocycles. The van der Waals surface area contributed by atoms with E-state index in [1.165, 1.54) is 11.8 Å². The molecule has 3 aromatic rings. The Morgan fingerprint density at radius 3 is 2.77 bits per heavy atom. The van der Waals surface area contributed by atoms with E-state index in [-0.39, 0.29) is 18.2 Å². The highest BCUT2D eigenvalue weighted by Gasteiger charge is 2.35. The van der Waals surface area contributed by atoms with Crippen molar-refractivity contribution in [3.05, 3.63) is 53.1 Å². The molecule has 0 bridgehead atoms. The summed E-state index contributed by atoms with van der Waals surface area (Å²) >= 11 is 1.53. The van der Waals surface area contributed by atoms with Crippen molar-refractivity contribution in [3.63, 3.8) is 0 Å². The third kappa shape index (κ3) is 3.97. The summed E-state index contributed by atoms with van der Waals surface area (Å²) in [5.41, 5.74) is 2.82. The summed E-state index contributed by atoms with van der Waals surface area (Å²) in [6.45, 7) is 3.79. The molecule has 0 radical (unpaired) electrons. The van der Waals surface area contributed by atoms with E-state index in [9.17, 15) is 9.59 Å². The second-order valence-electron chi connectivity index (χ2n) is 7.01. The zero-order chi connectivity index (χ0) is 21.3. The number of thioether (sulfide) groups is 1. The topological polar surface area (TPSA) is 116 Å². The van der Waals surface area contributed by atoms with E-state index in [1.54, 1.807) is 33.7 Å². The number of benzene rings is 1.